The lowest BCUT2D eigenvalue weighted by atomic mass is 9.50. The molecule has 1 N–H and O–H groups in total. The Morgan fingerprint density at radius 1 is 1.04 bits per heavy atom. The fraction of sp³-hybridized carbons (Fsp3) is 0.647. The summed E-state index contributed by atoms with van der Waals surface area (Å²) in [5.74, 6) is 0.375. The van der Waals surface area contributed by atoms with E-state index in [0.29, 0.717) is 12.6 Å². The monoisotopic (exact) mass is 341 g/mol. The van der Waals surface area contributed by atoms with Gasteiger partial charge in [0.15, 0.2) is 0 Å². The number of hydrogen-bond donors (Lipinski definition) is 1. The summed E-state index contributed by atoms with van der Waals surface area (Å²) in [7, 11) is -3.94. The molecule has 0 unspecified atom stereocenters. The van der Waals surface area contributed by atoms with E-state index in [1.54, 1.807) is 0 Å². The van der Waals surface area contributed by atoms with E-state index < -0.39 is 26.6 Å². The maximum absolute atomic E-state index is 13.8. The summed E-state index contributed by atoms with van der Waals surface area (Å²) in [4.78, 5) is -0.469. The Labute approximate surface area is 135 Å². The van der Waals surface area contributed by atoms with Crippen molar-refractivity contribution in [1.29, 1.82) is 0 Å². The van der Waals surface area contributed by atoms with Crippen LogP contribution in [0.4, 0.5) is 8.78 Å². The Morgan fingerprint density at radius 3 is 2.13 bits per heavy atom. The molecule has 0 saturated heterocycles. The van der Waals surface area contributed by atoms with Crippen molar-refractivity contribution in [1.82, 2.24) is 4.72 Å². The second-order valence-corrected chi connectivity index (χ2v) is 9.55. The van der Waals surface area contributed by atoms with Crippen molar-refractivity contribution in [3.63, 3.8) is 0 Å². The van der Waals surface area contributed by atoms with Gasteiger partial charge in [0.25, 0.3) is 0 Å². The highest BCUT2D eigenvalue weighted by Gasteiger charge is 2.51. The number of benzene rings is 1. The minimum atomic E-state index is -3.94. The van der Waals surface area contributed by atoms with Crippen molar-refractivity contribution in [2.24, 2.45) is 23.2 Å². The number of hydrogen-bond acceptors (Lipinski definition) is 2. The predicted octanol–water partition coefficient (Wildman–Crippen LogP) is 3.46. The summed E-state index contributed by atoms with van der Waals surface area (Å²) < 4.78 is 54.1. The minimum Gasteiger partial charge on any atom is -0.211 e. The Balaban J connectivity index is 1.52. The molecule has 3 nitrogen and oxygen atoms in total. The lowest BCUT2D eigenvalue weighted by Crippen LogP contribution is -2.51. The van der Waals surface area contributed by atoms with E-state index in [1.807, 2.05) is 0 Å². The van der Waals surface area contributed by atoms with Crippen LogP contribution in [0.3, 0.4) is 0 Å². The van der Waals surface area contributed by atoms with Crippen LogP contribution < -0.4 is 4.72 Å². The maximum atomic E-state index is 13.8. The number of sulfonamides is 1. The fourth-order valence-corrected chi connectivity index (χ4v) is 6.74. The first-order chi connectivity index (χ1) is 10.9. The van der Waals surface area contributed by atoms with Gasteiger partial charge in [-0.3, -0.25) is 0 Å². The maximum Gasteiger partial charge on any atom is 0.243 e. The van der Waals surface area contributed by atoms with Gasteiger partial charge in [-0.15, -0.1) is 0 Å². The SMILES string of the molecule is O=S(=O)(NCC12CC3CC(CC(C3)C1)C2)c1ccc(F)cc1F. The third-order valence-electron chi connectivity index (χ3n) is 5.99. The second-order valence-electron chi connectivity index (χ2n) is 7.82. The number of halogens is 2. The van der Waals surface area contributed by atoms with Crippen LogP contribution in [0.25, 0.3) is 0 Å². The standard InChI is InChI=1S/C17H21F2NO2S/c18-14-1-2-16(15(19)6-14)23(21,22)20-10-17-7-11-3-12(8-17)5-13(4-11)9-17/h1-2,6,11-13,20H,3-5,7-10H2. The number of rotatable bonds is 4. The molecule has 4 fully saturated rings. The Bertz CT molecular complexity index is 697. The molecule has 4 bridgehead atoms. The molecular weight excluding hydrogens is 320 g/mol. The highest BCUT2D eigenvalue weighted by Crippen LogP contribution is 2.59. The van der Waals surface area contributed by atoms with E-state index in [9.17, 15) is 17.2 Å². The summed E-state index contributed by atoms with van der Waals surface area (Å²) in [6, 6.07) is 2.58. The van der Waals surface area contributed by atoms with E-state index in [4.69, 9.17) is 0 Å². The normalized spacial score (nSPS) is 35.7. The zero-order valence-electron chi connectivity index (χ0n) is 12.9. The third-order valence-corrected chi connectivity index (χ3v) is 7.42. The molecule has 1 aromatic carbocycles. The van der Waals surface area contributed by atoms with Crippen molar-refractivity contribution in [3.8, 4) is 0 Å². The predicted molar refractivity (Wildman–Crippen MR) is 82.2 cm³/mol. The summed E-state index contributed by atoms with van der Waals surface area (Å²) >= 11 is 0. The van der Waals surface area contributed by atoms with Crippen LogP contribution >= 0.6 is 0 Å². The van der Waals surface area contributed by atoms with Crippen molar-refractivity contribution in [2.45, 2.75) is 43.4 Å². The quantitative estimate of drug-likeness (QED) is 0.912. The van der Waals surface area contributed by atoms with Gasteiger partial charge in [0.2, 0.25) is 10.0 Å². The molecule has 1 aromatic rings. The summed E-state index contributed by atoms with van der Waals surface area (Å²) in [6.07, 6.45) is 7.10. The molecule has 0 heterocycles. The molecule has 5 rings (SSSR count). The van der Waals surface area contributed by atoms with Crippen LogP contribution in [0.1, 0.15) is 38.5 Å². The van der Waals surface area contributed by atoms with Gasteiger partial charge >= 0.3 is 0 Å². The molecule has 0 spiro atoms. The largest absolute Gasteiger partial charge is 0.243 e. The first-order valence-electron chi connectivity index (χ1n) is 8.30. The van der Waals surface area contributed by atoms with Gasteiger partial charge in [-0.2, -0.15) is 0 Å². The van der Waals surface area contributed by atoms with Crippen LogP contribution in [0.15, 0.2) is 23.1 Å². The van der Waals surface area contributed by atoms with Crippen LogP contribution in [0.2, 0.25) is 0 Å². The second kappa shape index (κ2) is 5.24. The first kappa shape index (κ1) is 15.5. The lowest BCUT2D eigenvalue weighted by molar-refractivity contribution is -0.0487. The Hall–Kier alpha value is -1.01. The highest BCUT2D eigenvalue weighted by molar-refractivity contribution is 7.89. The van der Waals surface area contributed by atoms with E-state index in [1.165, 1.54) is 19.3 Å². The topological polar surface area (TPSA) is 46.2 Å². The van der Waals surface area contributed by atoms with Crippen LogP contribution in [-0.2, 0) is 10.0 Å². The molecule has 23 heavy (non-hydrogen) atoms. The molecule has 0 aromatic heterocycles. The van der Waals surface area contributed by atoms with Gasteiger partial charge in [-0.1, -0.05) is 0 Å². The summed E-state index contributed by atoms with van der Waals surface area (Å²) in [6.45, 7) is 0.371. The zero-order valence-corrected chi connectivity index (χ0v) is 13.7. The molecular formula is C17H21F2NO2S. The Morgan fingerprint density at radius 2 is 1.61 bits per heavy atom. The van der Waals surface area contributed by atoms with Gasteiger partial charge < -0.3 is 0 Å². The highest BCUT2D eigenvalue weighted by atomic mass is 32.2. The summed E-state index contributed by atoms with van der Waals surface area (Å²) in [5, 5.41) is 0. The van der Waals surface area contributed by atoms with E-state index in [2.05, 4.69) is 4.72 Å². The number of nitrogens with one attached hydrogen (secondary N) is 1. The molecule has 0 aliphatic heterocycles. The van der Waals surface area contributed by atoms with Gasteiger partial charge in [0.1, 0.15) is 16.5 Å². The molecule has 126 valence electrons. The van der Waals surface area contributed by atoms with Crippen LogP contribution in [0, 0.1) is 34.8 Å². The lowest BCUT2D eigenvalue weighted by Gasteiger charge is -2.56. The van der Waals surface area contributed by atoms with Gasteiger partial charge in [0.05, 0.1) is 0 Å². The molecule has 6 heteroatoms. The fourth-order valence-electron chi connectivity index (χ4n) is 5.53. The Kier molecular flexibility index (Phi) is 3.54. The van der Waals surface area contributed by atoms with Crippen molar-refractivity contribution >= 4 is 10.0 Å². The first-order valence-corrected chi connectivity index (χ1v) is 9.78. The third kappa shape index (κ3) is 2.80. The van der Waals surface area contributed by atoms with Crippen LogP contribution in [-0.4, -0.2) is 15.0 Å². The van der Waals surface area contributed by atoms with E-state index in [0.717, 1.165) is 49.1 Å². The van der Waals surface area contributed by atoms with Crippen LogP contribution in [0.5, 0.6) is 0 Å². The van der Waals surface area contributed by atoms with Gasteiger partial charge in [0, 0.05) is 12.6 Å². The van der Waals surface area contributed by atoms with Crippen molar-refractivity contribution in [2.75, 3.05) is 6.54 Å². The smallest absolute Gasteiger partial charge is 0.211 e. The van der Waals surface area contributed by atoms with E-state index in [-0.39, 0.29) is 5.41 Å². The van der Waals surface area contributed by atoms with E-state index >= 15 is 0 Å². The van der Waals surface area contributed by atoms with Gasteiger partial charge in [-0.25, -0.2) is 21.9 Å². The molecule has 4 saturated carbocycles. The van der Waals surface area contributed by atoms with Gasteiger partial charge in [-0.05, 0) is 73.8 Å². The average molecular weight is 341 g/mol. The molecule has 0 radical (unpaired) electrons. The summed E-state index contributed by atoms with van der Waals surface area (Å²) in [5.41, 5.74) is 0.0400. The zero-order chi connectivity index (χ0) is 16.2. The van der Waals surface area contributed by atoms with Crippen molar-refractivity contribution in [3.05, 3.63) is 29.8 Å². The molecule has 4 aliphatic rings. The van der Waals surface area contributed by atoms with Crippen molar-refractivity contribution < 1.29 is 17.2 Å². The minimum absolute atomic E-state index is 0.0400. The molecule has 0 amide bonds. The molecule has 4 aliphatic carbocycles. The average Bonchev–Trinajstić information content (AvgIpc) is 2.43. The molecule has 0 atom stereocenters.